The molecule has 4 rings (SSSR count). The zero-order valence-electron chi connectivity index (χ0n) is 17.1. The van der Waals surface area contributed by atoms with Gasteiger partial charge in [-0.2, -0.15) is 5.10 Å². The number of aromatic nitrogens is 5. The maximum Gasteiger partial charge on any atom is 0.247 e. The first kappa shape index (κ1) is 21.2. The van der Waals surface area contributed by atoms with Gasteiger partial charge in [-0.3, -0.25) is 9.48 Å². The van der Waals surface area contributed by atoms with Gasteiger partial charge in [-0.15, -0.1) is 0 Å². The van der Waals surface area contributed by atoms with Gasteiger partial charge < -0.3 is 15.0 Å². The molecule has 0 radical (unpaired) electrons. The standard InChI is InChI=1S/C21H20N6O4S/c1-3-18(28)25-15-5-4-6-16(9-15)31-19-12-23-21-20(26-19)17(11-22-21)14-10-24-27(13-14)7-8-32(2,29)30/h3-6,9-13H,1,7-8H2,2H3,(H,22,23)(H,25,28). The van der Waals surface area contributed by atoms with E-state index >= 15 is 0 Å². The molecule has 3 aromatic heterocycles. The molecule has 10 nitrogen and oxygen atoms in total. The van der Waals surface area contributed by atoms with Gasteiger partial charge in [-0.25, -0.2) is 18.4 Å². The van der Waals surface area contributed by atoms with Crippen LogP contribution in [0.4, 0.5) is 5.69 Å². The van der Waals surface area contributed by atoms with E-state index in [0.717, 1.165) is 11.1 Å². The number of aryl methyl sites for hydroxylation is 1. The number of hydrogen-bond donors (Lipinski definition) is 2. The minimum absolute atomic E-state index is 0.00607. The van der Waals surface area contributed by atoms with Gasteiger partial charge in [0.1, 0.15) is 21.1 Å². The van der Waals surface area contributed by atoms with Gasteiger partial charge in [0.15, 0.2) is 5.65 Å². The molecule has 4 aromatic rings. The van der Waals surface area contributed by atoms with Crippen LogP contribution in [0, 0.1) is 0 Å². The summed E-state index contributed by atoms with van der Waals surface area (Å²) in [6, 6.07) is 6.87. The predicted molar refractivity (Wildman–Crippen MR) is 120 cm³/mol. The first-order valence-electron chi connectivity index (χ1n) is 9.57. The second-order valence-electron chi connectivity index (χ2n) is 7.05. The van der Waals surface area contributed by atoms with E-state index in [2.05, 4.69) is 31.9 Å². The minimum Gasteiger partial charge on any atom is -0.437 e. The number of aromatic amines is 1. The summed E-state index contributed by atoms with van der Waals surface area (Å²) in [5, 5.41) is 6.90. The number of hydrogen-bond acceptors (Lipinski definition) is 7. The van der Waals surface area contributed by atoms with Crippen LogP contribution in [0.1, 0.15) is 0 Å². The summed E-state index contributed by atoms with van der Waals surface area (Å²) in [6.45, 7) is 3.69. The number of nitrogens with one attached hydrogen (secondary N) is 2. The van der Waals surface area contributed by atoms with Crippen LogP contribution in [-0.2, 0) is 21.2 Å². The van der Waals surface area contributed by atoms with Crippen molar-refractivity contribution in [2.24, 2.45) is 0 Å². The molecule has 164 valence electrons. The molecular formula is C21H20N6O4S. The zero-order chi connectivity index (χ0) is 22.7. The topological polar surface area (TPSA) is 132 Å². The summed E-state index contributed by atoms with van der Waals surface area (Å²) in [4.78, 5) is 23.5. The maximum atomic E-state index is 11.5. The van der Waals surface area contributed by atoms with Gasteiger partial charge in [-0.1, -0.05) is 12.6 Å². The minimum atomic E-state index is -3.08. The summed E-state index contributed by atoms with van der Waals surface area (Å²) >= 11 is 0. The number of carbonyl (C=O) groups excluding carboxylic acids is 1. The number of anilines is 1. The third-order valence-electron chi connectivity index (χ3n) is 4.50. The Morgan fingerprint density at radius 1 is 1.34 bits per heavy atom. The molecule has 2 N–H and O–H groups in total. The molecule has 0 atom stereocenters. The maximum absolute atomic E-state index is 11.5. The molecule has 32 heavy (non-hydrogen) atoms. The molecule has 0 aliphatic heterocycles. The van der Waals surface area contributed by atoms with Crippen molar-refractivity contribution in [3.8, 4) is 22.8 Å². The molecule has 1 amide bonds. The monoisotopic (exact) mass is 452 g/mol. The van der Waals surface area contributed by atoms with Crippen LogP contribution in [0.25, 0.3) is 22.3 Å². The van der Waals surface area contributed by atoms with Crippen molar-refractivity contribution in [3.05, 3.63) is 61.7 Å². The first-order chi connectivity index (χ1) is 15.3. The van der Waals surface area contributed by atoms with Crippen LogP contribution in [0.2, 0.25) is 0 Å². The number of benzene rings is 1. The van der Waals surface area contributed by atoms with Gasteiger partial charge in [-0.05, 0) is 18.2 Å². The molecule has 0 spiro atoms. The highest BCUT2D eigenvalue weighted by Gasteiger charge is 2.13. The summed E-state index contributed by atoms with van der Waals surface area (Å²) in [5.41, 5.74) is 3.25. The van der Waals surface area contributed by atoms with Gasteiger partial charge in [0.25, 0.3) is 0 Å². The number of nitrogens with zero attached hydrogens (tertiary/aromatic N) is 4. The van der Waals surface area contributed by atoms with Crippen molar-refractivity contribution in [2.75, 3.05) is 17.3 Å². The molecule has 0 saturated heterocycles. The highest BCUT2D eigenvalue weighted by atomic mass is 32.2. The SMILES string of the molecule is C=CC(=O)Nc1cccc(Oc2cnc3[nH]cc(-c4cnn(CCS(C)(=O)=O)c4)c3n2)c1. The van der Waals surface area contributed by atoms with Gasteiger partial charge in [0.05, 0.1) is 24.7 Å². The number of H-pyrrole nitrogens is 1. The van der Waals surface area contributed by atoms with Crippen LogP contribution >= 0.6 is 0 Å². The Morgan fingerprint density at radius 3 is 2.97 bits per heavy atom. The molecule has 11 heteroatoms. The Labute approximate surface area is 183 Å². The normalized spacial score (nSPS) is 11.4. The summed E-state index contributed by atoms with van der Waals surface area (Å²) in [7, 11) is -3.08. The van der Waals surface area contributed by atoms with Crippen molar-refractivity contribution in [1.29, 1.82) is 0 Å². The largest absolute Gasteiger partial charge is 0.437 e. The highest BCUT2D eigenvalue weighted by Crippen LogP contribution is 2.29. The van der Waals surface area contributed by atoms with Crippen molar-refractivity contribution in [3.63, 3.8) is 0 Å². The quantitative estimate of drug-likeness (QED) is 0.393. The number of sulfone groups is 1. The van der Waals surface area contributed by atoms with Crippen LogP contribution in [0.15, 0.2) is 61.7 Å². The van der Waals surface area contributed by atoms with Crippen molar-refractivity contribution in [2.45, 2.75) is 6.54 Å². The van der Waals surface area contributed by atoms with Gasteiger partial charge in [0, 0.05) is 41.5 Å². The Kier molecular flexibility index (Phi) is 5.73. The number of fused-ring (bicyclic) bond motifs is 1. The Bertz CT molecular complexity index is 1410. The molecular weight excluding hydrogens is 432 g/mol. The molecule has 0 bridgehead atoms. The average Bonchev–Trinajstić information content (AvgIpc) is 3.38. The van der Waals surface area contributed by atoms with E-state index in [4.69, 9.17) is 4.74 Å². The lowest BCUT2D eigenvalue weighted by molar-refractivity contribution is -0.111. The smallest absolute Gasteiger partial charge is 0.247 e. The third-order valence-corrected chi connectivity index (χ3v) is 5.43. The van der Waals surface area contributed by atoms with E-state index in [1.54, 1.807) is 47.5 Å². The summed E-state index contributed by atoms with van der Waals surface area (Å²) < 4.78 is 30.2. The Morgan fingerprint density at radius 2 is 2.19 bits per heavy atom. The highest BCUT2D eigenvalue weighted by molar-refractivity contribution is 7.90. The number of ether oxygens (including phenoxy) is 1. The van der Waals surface area contributed by atoms with Gasteiger partial charge >= 0.3 is 0 Å². The molecule has 0 fully saturated rings. The van der Waals surface area contributed by atoms with E-state index in [1.165, 1.54) is 18.5 Å². The lowest BCUT2D eigenvalue weighted by Gasteiger charge is -2.07. The number of amides is 1. The molecule has 1 aromatic carbocycles. The molecule has 3 heterocycles. The van der Waals surface area contributed by atoms with Crippen molar-refractivity contribution < 1.29 is 17.9 Å². The Hall–Kier alpha value is -3.99. The van der Waals surface area contributed by atoms with E-state index in [0.29, 0.717) is 22.6 Å². The third kappa shape index (κ3) is 5.01. The fourth-order valence-electron chi connectivity index (χ4n) is 2.98. The average molecular weight is 452 g/mol. The first-order valence-corrected chi connectivity index (χ1v) is 11.6. The second-order valence-corrected chi connectivity index (χ2v) is 9.31. The molecule has 0 aliphatic carbocycles. The van der Waals surface area contributed by atoms with E-state index in [-0.39, 0.29) is 24.1 Å². The number of rotatable bonds is 8. The fraction of sp³-hybridized carbons (Fsp3) is 0.143. The molecule has 0 aliphatic rings. The van der Waals surface area contributed by atoms with Crippen molar-refractivity contribution in [1.82, 2.24) is 24.7 Å². The molecule has 0 saturated carbocycles. The number of carbonyl (C=O) groups is 1. The fourth-order valence-corrected chi connectivity index (χ4v) is 3.50. The zero-order valence-corrected chi connectivity index (χ0v) is 18.0. The predicted octanol–water partition coefficient (Wildman–Crippen LogP) is 2.78. The van der Waals surface area contributed by atoms with E-state index < -0.39 is 9.84 Å². The van der Waals surface area contributed by atoms with Crippen LogP contribution in [0.3, 0.4) is 0 Å². The van der Waals surface area contributed by atoms with E-state index in [9.17, 15) is 13.2 Å². The van der Waals surface area contributed by atoms with E-state index in [1.807, 2.05) is 0 Å². The summed E-state index contributed by atoms with van der Waals surface area (Å²) in [6.07, 6.45) is 9.03. The van der Waals surface area contributed by atoms with Crippen LogP contribution in [-0.4, -0.2) is 51.1 Å². The van der Waals surface area contributed by atoms with Crippen LogP contribution < -0.4 is 10.1 Å². The second kappa shape index (κ2) is 8.63. The lowest BCUT2D eigenvalue weighted by atomic mass is 10.2. The molecule has 0 unspecified atom stereocenters. The van der Waals surface area contributed by atoms with Crippen molar-refractivity contribution >= 4 is 32.6 Å². The van der Waals surface area contributed by atoms with Gasteiger partial charge in [0.2, 0.25) is 11.8 Å². The lowest BCUT2D eigenvalue weighted by Crippen LogP contribution is -2.11. The summed E-state index contributed by atoms with van der Waals surface area (Å²) in [5.74, 6) is 0.435. The Balaban J connectivity index is 1.57. The van der Waals surface area contributed by atoms with Crippen LogP contribution in [0.5, 0.6) is 11.6 Å².